The van der Waals surface area contributed by atoms with Crippen LogP contribution < -0.4 is 10.4 Å². The van der Waals surface area contributed by atoms with Gasteiger partial charge in [-0.25, -0.2) is 9.59 Å². The molecule has 1 aromatic carbocycles. The van der Waals surface area contributed by atoms with Gasteiger partial charge in [0, 0.05) is 5.22 Å². The molecule has 1 aliphatic heterocycles. The molecular weight excluding hydrogens is 236 g/mol. The third kappa shape index (κ3) is 1.18. The van der Waals surface area contributed by atoms with Crippen LogP contribution in [0.2, 0.25) is 0 Å². The van der Waals surface area contributed by atoms with E-state index < -0.39 is 17.5 Å². The van der Waals surface area contributed by atoms with Crippen molar-refractivity contribution >= 4 is 23.7 Å². The first kappa shape index (κ1) is 10.4. The third-order valence-electron chi connectivity index (χ3n) is 2.83. The highest BCUT2D eigenvalue weighted by Crippen LogP contribution is 2.34. The fraction of sp³-hybridized carbons (Fsp3) is 0.0833. The van der Waals surface area contributed by atoms with Gasteiger partial charge in [0.05, 0.1) is 0 Å². The van der Waals surface area contributed by atoms with E-state index >= 15 is 0 Å². The summed E-state index contributed by atoms with van der Waals surface area (Å²) in [4.78, 5) is 22.0. The molecule has 0 aromatic heterocycles. The Morgan fingerprint density at radius 2 is 2.11 bits per heavy atom. The first-order valence-electron chi connectivity index (χ1n) is 5.09. The smallest absolute Gasteiger partial charge is 0.358 e. The fourth-order valence-electron chi connectivity index (χ4n) is 2.05. The van der Waals surface area contributed by atoms with Crippen molar-refractivity contribution in [3.05, 3.63) is 40.6 Å². The van der Waals surface area contributed by atoms with Crippen molar-refractivity contribution in [2.45, 2.75) is 5.60 Å². The van der Waals surface area contributed by atoms with Crippen LogP contribution in [0.25, 0.3) is 11.8 Å². The number of ether oxygens (including phenoxy) is 1. The Bertz CT molecular complexity index is 759. The molecule has 1 aromatic rings. The summed E-state index contributed by atoms with van der Waals surface area (Å²) in [5.74, 6) is -0.307. The van der Waals surface area contributed by atoms with Gasteiger partial charge < -0.3 is 9.84 Å². The zero-order valence-corrected chi connectivity index (χ0v) is 8.95. The molecule has 0 spiro atoms. The molecule has 1 atom stereocenters. The Balaban J connectivity index is 2.41. The maximum atomic E-state index is 11.5. The second-order valence-corrected chi connectivity index (χ2v) is 3.83. The molecule has 6 nitrogen and oxygen atoms in total. The second kappa shape index (κ2) is 3.38. The Kier molecular flexibility index (Phi) is 1.96. The van der Waals surface area contributed by atoms with E-state index in [-0.39, 0.29) is 5.70 Å². The monoisotopic (exact) mass is 242 g/mol. The van der Waals surface area contributed by atoms with Gasteiger partial charge in [-0.2, -0.15) is 0 Å². The van der Waals surface area contributed by atoms with Gasteiger partial charge in [-0.1, -0.05) is 24.3 Å². The summed E-state index contributed by atoms with van der Waals surface area (Å²) in [6, 6.07) is 7.01. The number of carboxylic acid groups (broad SMARTS) is 1. The van der Waals surface area contributed by atoms with Crippen molar-refractivity contribution < 1.29 is 19.4 Å². The zero-order chi connectivity index (χ0) is 12.8. The van der Waals surface area contributed by atoms with E-state index in [1.807, 2.05) is 0 Å². The molecule has 0 radical (unpaired) electrons. The van der Waals surface area contributed by atoms with Crippen LogP contribution in [0.1, 0.15) is 0 Å². The topological polar surface area (TPSA) is 88.3 Å². The molecule has 88 valence electrons. The van der Waals surface area contributed by atoms with E-state index in [9.17, 15) is 14.7 Å². The predicted molar refractivity (Wildman–Crippen MR) is 59.1 cm³/mol. The Morgan fingerprint density at radius 1 is 1.33 bits per heavy atom. The van der Waals surface area contributed by atoms with Crippen LogP contribution in [0, 0.1) is 0 Å². The van der Waals surface area contributed by atoms with Crippen LogP contribution in [0.5, 0.6) is 0 Å². The number of hydrogen-bond acceptors (Lipinski definition) is 5. The largest absolute Gasteiger partial charge is 0.478 e. The lowest BCUT2D eigenvalue weighted by Gasteiger charge is -2.26. The number of carbonyl (C=O) groups is 1. The number of nitrogens with zero attached hydrogens (tertiary/aromatic N) is 2. The van der Waals surface area contributed by atoms with E-state index in [1.165, 1.54) is 12.0 Å². The Morgan fingerprint density at radius 3 is 2.83 bits per heavy atom. The van der Waals surface area contributed by atoms with Crippen LogP contribution in [0.15, 0.2) is 40.4 Å². The molecule has 2 aliphatic rings. The molecule has 6 heteroatoms. The molecule has 1 N–H and O–H groups in total. The van der Waals surface area contributed by atoms with Gasteiger partial charge in [0.25, 0.3) is 5.60 Å². The average molecular weight is 242 g/mol. The molecule has 0 saturated heterocycles. The van der Waals surface area contributed by atoms with Crippen LogP contribution in [0.3, 0.4) is 0 Å². The Hall–Kier alpha value is -2.72. The summed E-state index contributed by atoms with van der Waals surface area (Å²) in [5, 5.41) is 18.0. The van der Waals surface area contributed by atoms with Gasteiger partial charge in [0.2, 0.25) is 0 Å². The first-order chi connectivity index (χ1) is 8.67. The van der Waals surface area contributed by atoms with Gasteiger partial charge in [0.1, 0.15) is 5.70 Å². The highest BCUT2D eigenvalue weighted by molar-refractivity contribution is 6.00. The standard InChI is InChI=1S/C12H6N2O4/c15-6-9-13-14-10-8-4-2-1-3-7(8)5-12(10,18-9)11(16)17/h1-5H,(H,16,17). The van der Waals surface area contributed by atoms with Gasteiger partial charge in [-0.3, -0.25) is 0 Å². The predicted octanol–water partition coefficient (Wildman–Crippen LogP) is -0.432. The normalized spacial score (nSPS) is 23.6. The van der Waals surface area contributed by atoms with Crippen molar-refractivity contribution in [3.8, 4) is 0 Å². The maximum Gasteiger partial charge on any atom is 0.358 e. The van der Waals surface area contributed by atoms with Crippen molar-refractivity contribution in [1.29, 1.82) is 0 Å². The SMILES string of the molecule is O=C=C1N=NC2=c3ccccc3=CC2(C(=O)O)O1. The van der Waals surface area contributed by atoms with Gasteiger partial charge >= 0.3 is 11.9 Å². The number of hydrogen-bond donors (Lipinski definition) is 1. The minimum atomic E-state index is -1.78. The quantitative estimate of drug-likeness (QED) is 0.676. The molecule has 1 unspecified atom stereocenters. The summed E-state index contributed by atoms with van der Waals surface area (Å²) in [6.45, 7) is 0. The number of benzene rings is 1. The number of carboxylic acids is 1. The number of fused-ring (bicyclic) bond motifs is 2. The van der Waals surface area contributed by atoms with Crippen molar-refractivity contribution in [2.75, 3.05) is 0 Å². The third-order valence-corrected chi connectivity index (χ3v) is 2.83. The molecule has 0 bridgehead atoms. The average Bonchev–Trinajstić information content (AvgIpc) is 2.73. The lowest BCUT2D eigenvalue weighted by molar-refractivity contribution is -0.149. The minimum absolute atomic E-state index is 0.171. The number of azo groups is 1. The van der Waals surface area contributed by atoms with E-state index in [0.29, 0.717) is 10.4 Å². The van der Waals surface area contributed by atoms with Crippen molar-refractivity contribution in [2.24, 2.45) is 10.2 Å². The number of aliphatic carboxylic acids is 1. The minimum Gasteiger partial charge on any atom is -0.478 e. The summed E-state index contributed by atoms with van der Waals surface area (Å²) < 4.78 is 5.13. The summed E-state index contributed by atoms with van der Waals surface area (Å²) in [7, 11) is 0. The highest BCUT2D eigenvalue weighted by Gasteiger charge is 2.49. The van der Waals surface area contributed by atoms with Gasteiger partial charge in [-0.15, -0.1) is 10.2 Å². The summed E-state index contributed by atoms with van der Waals surface area (Å²) >= 11 is 0. The Labute approximate surface area is 100 Å². The van der Waals surface area contributed by atoms with Gasteiger partial charge in [0.15, 0.2) is 5.94 Å². The second-order valence-electron chi connectivity index (χ2n) is 3.83. The van der Waals surface area contributed by atoms with E-state index in [1.54, 1.807) is 24.3 Å². The van der Waals surface area contributed by atoms with Crippen molar-refractivity contribution in [3.63, 3.8) is 0 Å². The molecule has 3 rings (SSSR count). The van der Waals surface area contributed by atoms with Crippen LogP contribution in [-0.2, 0) is 14.3 Å². The molecule has 18 heavy (non-hydrogen) atoms. The molecule has 1 heterocycles. The fourth-order valence-corrected chi connectivity index (χ4v) is 2.05. The van der Waals surface area contributed by atoms with Crippen LogP contribution in [-0.4, -0.2) is 22.6 Å². The van der Waals surface area contributed by atoms with E-state index in [4.69, 9.17) is 4.74 Å². The lowest BCUT2D eigenvalue weighted by Crippen LogP contribution is -2.40. The highest BCUT2D eigenvalue weighted by atomic mass is 16.5. The zero-order valence-electron chi connectivity index (χ0n) is 8.95. The number of carbonyl (C=O) groups excluding carboxylic acids is 1. The summed E-state index contributed by atoms with van der Waals surface area (Å²) in [5.41, 5.74) is -1.61. The molecular formula is C12H6N2O4. The molecule has 0 amide bonds. The van der Waals surface area contributed by atoms with Gasteiger partial charge in [-0.05, 0) is 11.3 Å². The van der Waals surface area contributed by atoms with E-state index in [0.717, 1.165) is 0 Å². The lowest BCUT2D eigenvalue weighted by atomic mass is 10.0. The summed E-state index contributed by atoms with van der Waals surface area (Å²) in [6.07, 6.45) is 1.41. The van der Waals surface area contributed by atoms with Crippen molar-refractivity contribution in [1.82, 2.24) is 0 Å². The van der Waals surface area contributed by atoms with Crippen LogP contribution >= 0.6 is 0 Å². The van der Waals surface area contributed by atoms with E-state index in [2.05, 4.69) is 10.2 Å². The molecule has 0 fully saturated rings. The molecule has 0 saturated carbocycles. The maximum absolute atomic E-state index is 11.5. The van der Waals surface area contributed by atoms with Crippen LogP contribution in [0.4, 0.5) is 0 Å². The first-order valence-corrected chi connectivity index (χ1v) is 5.09. The number of rotatable bonds is 1. The molecule has 1 aliphatic carbocycles.